The number of hydrogen-bond donors (Lipinski definition) is 2. The van der Waals surface area contributed by atoms with Crippen LogP contribution in [0, 0.1) is 5.92 Å². The minimum atomic E-state index is 0.282. The van der Waals surface area contributed by atoms with Gasteiger partial charge in [0.05, 0.1) is 13.7 Å². The van der Waals surface area contributed by atoms with Crippen LogP contribution in [0.1, 0.15) is 44.6 Å². The summed E-state index contributed by atoms with van der Waals surface area (Å²) < 4.78 is 10.9. The van der Waals surface area contributed by atoms with Gasteiger partial charge >= 0.3 is 0 Å². The number of methoxy groups -OCH3 is 1. The Morgan fingerprint density at radius 2 is 2.00 bits per heavy atom. The van der Waals surface area contributed by atoms with Crippen molar-refractivity contribution in [1.29, 1.82) is 0 Å². The molecule has 1 fully saturated rings. The first-order valence-corrected chi connectivity index (χ1v) is 8.42. The minimum absolute atomic E-state index is 0.282. The van der Waals surface area contributed by atoms with E-state index in [1.165, 1.54) is 24.8 Å². The van der Waals surface area contributed by atoms with E-state index in [4.69, 9.17) is 9.47 Å². The molecule has 0 heterocycles. The van der Waals surface area contributed by atoms with Crippen LogP contribution in [0.5, 0.6) is 11.5 Å². The maximum Gasteiger partial charge on any atom is 0.161 e. The smallest absolute Gasteiger partial charge is 0.161 e. The zero-order chi connectivity index (χ0) is 15.8. The number of nitrogens with one attached hydrogen (secondary N) is 1. The van der Waals surface area contributed by atoms with Crippen LogP contribution in [0.3, 0.4) is 0 Å². The summed E-state index contributed by atoms with van der Waals surface area (Å²) in [6, 6.07) is 6.48. The zero-order valence-corrected chi connectivity index (χ0v) is 13.8. The Bertz CT molecular complexity index is 450. The SMILES string of the molecule is CCOc1ccc(CNC2CCCCCC2CO)cc1OC. The molecule has 2 atom stereocenters. The van der Waals surface area contributed by atoms with Crippen LogP contribution in [0.25, 0.3) is 0 Å². The molecule has 1 aliphatic rings. The predicted molar refractivity (Wildman–Crippen MR) is 88.5 cm³/mol. The second-order valence-corrected chi connectivity index (χ2v) is 5.99. The van der Waals surface area contributed by atoms with Crippen molar-refractivity contribution in [3.63, 3.8) is 0 Å². The lowest BCUT2D eigenvalue weighted by Crippen LogP contribution is -2.36. The number of rotatable bonds is 7. The second kappa shape index (κ2) is 9.01. The van der Waals surface area contributed by atoms with Crippen LogP contribution in [0.2, 0.25) is 0 Å². The number of ether oxygens (including phenoxy) is 2. The Kier molecular flexibility index (Phi) is 7.00. The molecule has 4 nitrogen and oxygen atoms in total. The summed E-state index contributed by atoms with van der Waals surface area (Å²) in [4.78, 5) is 0. The maximum atomic E-state index is 9.58. The number of benzene rings is 1. The summed E-state index contributed by atoms with van der Waals surface area (Å²) in [6.07, 6.45) is 6.05. The molecule has 4 heteroatoms. The molecule has 2 N–H and O–H groups in total. The zero-order valence-electron chi connectivity index (χ0n) is 13.8. The first-order valence-electron chi connectivity index (χ1n) is 8.42. The maximum absolute atomic E-state index is 9.58. The molecule has 22 heavy (non-hydrogen) atoms. The third-order valence-corrected chi connectivity index (χ3v) is 4.49. The monoisotopic (exact) mass is 307 g/mol. The molecule has 0 radical (unpaired) electrons. The Hall–Kier alpha value is -1.26. The number of aliphatic hydroxyl groups excluding tert-OH is 1. The van der Waals surface area contributed by atoms with Gasteiger partial charge in [0.25, 0.3) is 0 Å². The molecule has 0 spiro atoms. The van der Waals surface area contributed by atoms with Crippen LogP contribution in [-0.4, -0.2) is 31.5 Å². The van der Waals surface area contributed by atoms with Crippen molar-refractivity contribution < 1.29 is 14.6 Å². The van der Waals surface area contributed by atoms with Gasteiger partial charge in [0.1, 0.15) is 0 Å². The van der Waals surface area contributed by atoms with Gasteiger partial charge in [-0.05, 0) is 43.4 Å². The van der Waals surface area contributed by atoms with Gasteiger partial charge in [-0.15, -0.1) is 0 Å². The highest BCUT2D eigenvalue weighted by molar-refractivity contribution is 5.42. The highest BCUT2D eigenvalue weighted by Crippen LogP contribution is 2.28. The third-order valence-electron chi connectivity index (χ3n) is 4.49. The van der Waals surface area contributed by atoms with E-state index in [1.807, 2.05) is 19.1 Å². The molecule has 2 unspecified atom stereocenters. The van der Waals surface area contributed by atoms with E-state index >= 15 is 0 Å². The molecule has 0 aliphatic heterocycles. The van der Waals surface area contributed by atoms with Crippen molar-refractivity contribution in [3.8, 4) is 11.5 Å². The average Bonchev–Trinajstić information content (AvgIpc) is 2.79. The van der Waals surface area contributed by atoms with Crippen molar-refractivity contribution in [3.05, 3.63) is 23.8 Å². The summed E-state index contributed by atoms with van der Waals surface area (Å²) >= 11 is 0. The Morgan fingerprint density at radius 3 is 2.73 bits per heavy atom. The fourth-order valence-corrected chi connectivity index (χ4v) is 3.22. The van der Waals surface area contributed by atoms with Gasteiger partial charge in [-0.1, -0.05) is 25.3 Å². The lowest BCUT2D eigenvalue weighted by atomic mass is 9.95. The number of hydrogen-bond acceptors (Lipinski definition) is 4. The van der Waals surface area contributed by atoms with Crippen LogP contribution in [-0.2, 0) is 6.54 Å². The standard InChI is InChI=1S/C18H29NO3/c1-3-22-17-10-9-14(11-18(17)21-2)12-19-16-8-6-4-5-7-15(16)13-20/h9-11,15-16,19-20H,3-8,12-13H2,1-2H3. The largest absolute Gasteiger partial charge is 0.493 e. The first kappa shape index (κ1) is 17.1. The molecule has 0 aromatic heterocycles. The summed E-state index contributed by atoms with van der Waals surface area (Å²) in [7, 11) is 1.67. The first-order chi connectivity index (χ1) is 10.8. The van der Waals surface area contributed by atoms with Crippen LogP contribution >= 0.6 is 0 Å². The van der Waals surface area contributed by atoms with Crippen LogP contribution < -0.4 is 14.8 Å². The molecule has 124 valence electrons. The molecular formula is C18H29NO3. The van der Waals surface area contributed by atoms with Crippen molar-refractivity contribution in [2.75, 3.05) is 20.3 Å². The van der Waals surface area contributed by atoms with E-state index < -0.39 is 0 Å². The van der Waals surface area contributed by atoms with Gasteiger partial charge in [0.15, 0.2) is 11.5 Å². The Morgan fingerprint density at radius 1 is 1.18 bits per heavy atom. The minimum Gasteiger partial charge on any atom is -0.493 e. The third kappa shape index (κ3) is 4.62. The molecule has 0 saturated heterocycles. The molecule has 0 bridgehead atoms. The van der Waals surface area contributed by atoms with E-state index in [0.29, 0.717) is 18.6 Å². The van der Waals surface area contributed by atoms with Crippen molar-refractivity contribution in [2.24, 2.45) is 5.92 Å². The van der Waals surface area contributed by atoms with E-state index in [2.05, 4.69) is 11.4 Å². The summed E-state index contributed by atoms with van der Waals surface area (Å²) in [5.41, 5.74) is 1.18. The summed E-state index contributed by atoms with van der Waals surface area (Å²) in [5.74, 6) is 1.95. The Labute approximate surface area is 133 Å². The van der Waals surface area contributed by atoms with E-state index in [-0.39, 0.29) is 6.61 Å². The second-order valence-electron chi connectivity index (χ2n) is 5.99. The summed E-state index contributed by atoms with van der Waals surface area (Å²) in [6.45, 7) is 3.68. The quantitative estimate of drug-likeness (QED) is 0.760. The molecule has 1 aromatic carbocycles. The van der Waals surface area contributed by atoms with Crippen LogP contribution in [0.15, 0.2) is 18.2 Å². The van der Waals surface area contributed by atoms with E-state index in [0.717, 1.165) is 30.9 Å². The van der Waals surface area contributed by atoms with Gasteiger partial charge in [-0.25, -0.2) is 0 Å². The van der Waals surface area contributed by atoms with Gasteiger partial charge in [0, 0.05) is 19.2 Å². The predicted octanol–water partition coefficient (Wildman–Crippen LogP) is 3.12. The Balaban J connectivity index is 1.97. The van der Waals surface area contributed by atoms with Gasteiger partial charge in [-0.2, -0.15) is 0 Å². The lowest BCUT2D eigenvalue weighted by molar-refractivity contribution is 0.181. The number of aliphatic hydroxyl groups is 1. The van der Waals surface area contributed by atoms with Crippen molar-refractivity contribution >= 4 is 0 Å². The molecule has 1 saturated carbocycles. The normalized spacial score (nSPS) is 22.1. The fraction of sp³-hybridized carbons (Fsp3) is 0.667. The molecule has 1 aliphatic carbocycles. The summed E-state index contributed by atoms with van der Waals surface area (Å²) in [5, 5.41) is 13.2. The van der Waals surface area contributed by atoms with Gasteiger partial charge < -0.3 is 19.9 Å². The van der Waals surface area contributed by atoms with Crippen molar-refractivity contribution in [2.45, 2.75) is 51.6 Å². The highest BCUT2D eigenvalue weighted by atomic mass is 16.5. The molecular weight excluding hydrogens is 278 g/mol. The molecule has 1 aromatic rings. The highest BCUT2D eigenvalue weighted by Gasteiger charge is 2.22. The average molecular weight is 307 g/mol. The van der Waals surface area contributed by atoms with Gasteiger partial charge in [0.2, 0.25) is 0 Å². The van der Waals surface area contributed by atoms with E-state index in [1.54, 1.807) is 7.11 Å². The van der Waals surface area contributed by atoms with E-state index in [9.17, 15) is 5.11 Å². The molecule has 0 amide bonds. The van der Waals surface area contributed by atoms with Crippen molar-refractivity contribution in [1.82, 2.24) is 5.32 Å². The fourth-order valence-electron chi connectivity index (χ4n) is 3.22. The van der Waals surface area contributed by atoms with Gasteiger partial charge in [-0.3, -0.25) is 0 Å². The van der Waals surface area contributed by atoms with Crippen LogP contribution in [0.4, 0.5) is 0 Å². The molecule has 2 rings (SSSR count). The topological polar surface area (TPSA) is 50.7 Å². The lowest BCUT2D eigenvalue weighted by Gasteiger charge is -2.24.